The smallest absolute Gasteiger partial charge is 0.0189 e. The normalized spacial score (nSPS) is 16.1. The van der Waals surface area contributed by atoms with Crippen molar-refractivity contribution in [3.8, 4) is 0 Å². The van der Waals surface area contributed by atoms with Crippen LogP contribution in [0.25, 0.3) is 0 Å². The molecule has 2 heteroatoms. The molecule has 0 aromatic heterocycles. The molecular weight excluding hydrogens is 178 g/mol. The highest BCUT2D eigenvalue weighted by atomic mass is 32.2. The molecule has 0 atom stereocenters. The molecule has 1 nitrogen and oxygen atoms in total. The zero-order valence-electron chi connectivity index (χ0n) is 7.70. The van der Waals surface area contributed by atoms with Crippen molar-refractivity contribution in [2.75, 3.05) is 5.75 Å². The molecule has 0 saturated heterocycles. The van der Waals surface area contributed by atoms with Gasteiger partial charge in [-0.3, -0.25) is 0 Å². The van der Waals surface area contributed by atoms with Crippen LogP contribution < -0.4 is 5.73 Å². The average Bonchev–Trinajstić information content (AvgIpc) is 2.99. The molecular formula is C11H15NS. The Balaban J connectivity index is 1.99. The van der Waals surface area contributed by atoms with Crippen LogP contribution in [0.4, 0.5) is 0 Å². The van der Waals surface area contributed by atoms with Crippen molar-refractivity contribution in [3.05, 3.63) is 29.8 Å². The second-order valence-corrected chi connectivity index (χ2v) is 4.63. The van der Waals surface area contributed by atoms with Gasteiger partial charge in [-0.25, -0.2) is 0 Å². The van der Waals surface area contributed by atoms with Gasteiger partial charge in [0, 0.05) is 17.2 Å². The Bertz CT molecular complexity index is 281. The zero-order valence-corrected chi connectivity index (χ0v) is 8.52. The molecule has 0 bridgehead atoms. The van der Waals surface area contributed by atoms with Crippen molar-refractivity contribution in [1.29, 1.82) is 0 Å². The van der Waals surface area contributed by atoms with Crippen LogP contribution in [0.3, 0.4) is 0 Å². The maximum atomic E-state index is 5.66. The van der Waals surface area contributed by atoms with Crippen molar-refractivity contribution >= 4 is 11.8 Å². The summed E-state index contributed by atoms with van der Waals surface area (Å²) in [5.74, 6) is 2.26. The zero-order chi connectivity index (χ0) is 9.10. The van der Waals surface area contributed by atoms with E-state index < -0.39 is 0 Å². The first-order valence-corrected chi connectivity index (χ1v) is 5.79. The van der Waals surface area contributed by atoms with Gasteiger partial charge < -0.3 is 5.73 Å². The van der Waals surface area contributed by atoms with E-state index in [0.29, 0.717) is 6.54 Å². The third kappa shape index (κ3) is 2.48. The molecule has 1 aliphatic rings. The summed E-state index contributed by atoms with van der Waals surface area (Å²) in [6.45, 7) is 0.661. The highest BCUT2D eigenvalue weighted by Gasteiger charge is 2.21. The Morgan fingerprint density at radius 2 is 2.08 bits per heavy atom. The van der Waals surface area contributed by atoms with Crippen LogP contribution in [-0.2, 0) is 6.54 Å². The van der Waals surface area contributed by atoms with Gasteiger partial charge in [0.2, 0.25) is 0 Å². The number of thioether (sulfide) groups is 1. The SMILES string of the molecule is NCc1ccccc1SCC1CC1. The summed E-state index contributed by atoms with van der Waals surface area (Å²) in [6.07, 6.45) is 2.86. The van der Waals surface area contributed by atoms with Crippen LogP contribution in [0.5, 0.6) is 0 Å². The van der Waals surface area contributed by atoms with Crippen LogP contribution in [0.2, 0.25) is 0 Å². The lowest BCUT2D eigenvalue weighted by Crippen LogP contribution is -1.98. The molecule has 0 amide bonds. The second-order valence-electron chi connectivity index (χ2n) is 3.57. The Morgan fingerprint density at radius 1 is 1.31 bits per heavy atom. The van der Waals surface area contributed by atoms with E-state index in [1.807, 2.05) is 11.8 Å². The van der Waals surface area contributed by atoms with Gasteiger partial charge in [-0.2, -0.15) is 0 Å². The standard InChI is InChI=1S/C11H15NS/c12-7-10-3-1-2-4-11(10)13-8-9-5-6-9/h1-4,9H,5-8,12H2. The molecule has 2 rings (SSSR count). The van der Waals surface area contributed by atoms with Gasteiger partial charge in [-0.15, -0.1) is 11.8 Å². The Morgan fingerprint density at radius 3 is 2.77 bits per heavy atom. The Kier molecular flexibility index (Phi) is 2.91. The first kappa shape index (κ1) is 9.10. The van der Waals surface area contributed by atoms with Gasteiger partial charge in [0.05, 0.1) is 0 Å². The molecule has 1 saturated carbocycles. The summed E-state index contributed by atoms with van der Waals surface area (Å²) in [6, 6.07) is 8.45. The number of rotatable bonds is 4. The predicted octanol–water partition coefficient (Wildman–Crippen LogP) is 2.65. The molecule has 1 aromatic rings. The van der Waals surface area contributed by atoms with Gasteiger partial charge in [0.15, 0.2) is 0 Å². The Labute approximate surface area is 83.7 Å². The fourth-order valence-corrected chi connectivity index (χ4v) is 2.57. The highest BCUT2D eigenvalue weighted by molar-refractivity contribution is 7.99. The molecule has 2 N–H and O–H groups in total. The minimum atomic E-state index is 0.661. The summed E-state index contributed by atoms with van der Waals surface area (Å²) < 4.78 is 0. The average molecular weight is 193 g/mol. The van der Waals surface area contributed by atoms with Gasteiger partial charge >= 0.3 is 0 Å². The van der Waals surface area contributed by atoms with Gasteiger partial charge in [0.1, 0.15) is 0 Å². The van der Waals surface area contributed by atoms with E-state index >= 15 is 0 Å². The fraction of sp³-hybridized carbons (Fsp3) is 0.455. The molecule has 13 heavy (non-hydrogen) atoms. The van der Waals surface area contributed by atoms with Gasteiger partial charge in [0.25, 0.3) is 0 Å². The third-order valence-electron chi connectivity index (χ3n) is 2.36. The Hall–Kier alpha value is -0.470. The van der Waals surface area contributed by atoms with E-state index in [-0.39, 0.29) is 0 Å². The first-order chi connectivity index (χ1) is 6.40. The van der Waals surface area contributed by atoms with Crippen LogP contribution in [-0.4, -0.2) is 5.75 Å². The minimum absolute atomic E-state index is 0.661. The summed E-state index contributed by atoms with van der Waals surface area (Å²) in [7, 11) is 0. The monoisotopic (exact) mass is 193 g/mol. The summed E-state index contributed by atoms with van der Waals surface area (Å²) in [4.78, 5) is 1.37. The topological polar surface area (TPSA) is 26.0 Å². The molecule has 0 radical (unpaired) electrons. The number of benzene rings is 1. The molecule has 1 aliphatic carbocycles. The second kappa shape index (κ2) is 4.16. The lowest BCUT2D eigenvalue weighted by Gasteiger charge is -2.05. The maximum absolute atomic E-state index is 5.66. The van der Waals surface area contributed by atoms with Crippen molar-refractivity contribution in [2.24, 2.45) is 11.7 Å². The summed E-state index contributed by atoms with van der Waals surface area (Å²) in [5, 5.41) is 0. The number of hydrogen-bond acceptors (Lipinski definition) is 2. The first-order valence-electron chi connectivity index (χ1n) is 4.81. The predicted molar refractivity (Wildman–Crippen MR) is 57.8 cm³/mol. The van der Waals surface area contributed by atoms with Crippen molar-refractivity contribution in [2.45, 2.75) is 24.3 Å². The van der Waals surface area contributed by atoms with Crippen LogP contribution in [0.1, 0.15) is 18.4 Å². The van der Waals surface area contributed by atoms with E-state index in [1.165, 1.54) is 29.1 Å². The van der Waals surface area contributed by atoms with Gasteiger partial charge in [-0.1, -0.05) is 18.2 Å². The molecule has 70 valence electrons. The van der Waals surface area contributed by atoms with E-state index in [2.05, 4.69) is 24.3 Å². The fourth-order valence-electron chi connectivity index (χ4n) is 1.31. The van der Waals surface area contributed by atoms with Crippen LogP contribution >= 0.6 is 11.8 Å². The van der Waals surface area contributed by atoms with Crippen LogP contribution in [0.15, 0.2) is 29.2 Å². The van der Waals surface area contributed by atoms with Crippen molar-refractivity contribution in [3.63, 3.8) is 0 Å². The van der Waals surface area contributed by atoms with E-state index in [1.54, 1.807) is 0 Å². The largest absolute Gasteiger partial charge is 0.326 e. The van der Waals surface area contributed by atoms with Crippen LogP contribution in [0, 0.1) is 5.92 Å². The van der Waals surface area contributed by atoms with Gasteiger partial charge in [-0.05, 0) is 30.4 Å². The minimum Gasteiger partial charge on any atom is -0.326 e. The van der Waals surface area contributed by atoms with E-state index in [9.17, 15) is 0 Å². The maximum Gasteiger partial charge on any atom is 0.0189 e. The molecule has 1 fully saturated rings. The number of nitrogens with two attached hydrogens (primary N) is 1. The quantitative estimate of drug-likeness (QED) is 0.744. The lowest BCUT2D eigenvalue weighted by atomic mass is 10.2. The lowest BCUT2D eigenvalue weighted by molar-refractivity contribution is 0.990. The highest BCUT2D eigenvalue weighted by Crippen LogP contribution is 2.35. The molecule has 0 spiro atoms. The molecule has 0 aliphatic heterocycles. The third-order valence-corrected chi connectivity index (χ3v) is 3.71. The van der Waals surface area contributed by atoms with Crippen molar-refractivity contribution in [1.82, 2.24) is 0 Å². The van der Waals surface area contributed by atoms with Crippen molar-refractivity contribution < 1.29 is 0 Å². The molecule has 1 aromatic carbocycles. The number of hydrogen-bond donors (Lipinski definition) is 1. The van der Waals surface area contributed by atoms with E-state index in [4.69, 9.17) is 5.73 Å². The molecule has 0 heterocycles. The molecule has 0 unspecified atom stereocenters. The summed E-state index contributed by atoms with van der Waals surface area (Å²) in [5.41, 5.74) is 6.94. The van der Waals surface area contributed by atoms with E-state index in [0.717, 1.165) is 5.92 Å². The summed E-state index contributed by atoms with van der Waals surface area (Å²) >= 11 is 1.96.